The number of aromatic nitrogens is 2. The Morgan fingerprint density at radius 2 is 2.44 bits per heavy atom. The summed E-state index contributed by atoms with van der Waals surface area (Å²) in [6.07, 6.45) is 1.77. The molecule has 5 nitrogen and oxygen atoms in total. The van der Waals surface area contributed by atoms with Gasteiger partial charge in [0, 0.05) is 6.54 Å². The first-order valence-electron chi connectivity index (χ1n) is 5.13. The zero-order chi connectivity index (χ0) is 10.7. The summed E-state index contributed by atoms with van der Waals surface area (Å²) in [6.45, 7) is 3.71. The van der Waals surface area contributed by atoms with Gasteiger partial charge in [-0.05, 0) is 19.4 Å². The van der Waals surface area contributed by atoms with Gasteiger partial charge in [-0.15, -0.1) is 22.6 Å². The number of halogens is 1. The van der Waals surface area contributed by atoms with E-state index in [9.17, 15) is 4.79 Å². The highest BCUT2D eigenvalue weighted by Crippen LogP contribution is 2.17. The first-order valence-corrected chi connectivity index (χ1v) is 5.95. The Morgan fingerprint density at radius 1 is 1.62 bits per heavy atom. The monoisotopic (exact) mass is 262 g/mol. The van der Waals surface area contributed by atoms with Crippen LogP contribution in [0.2, 0.25) is 0 Å². The highest BCUT2D eigenvalue weighted by atomic mass is 35.5. The molecule has 2 N–H and O–H groups in total. The van der Waals surface area contributed by atoms with Crippen LogP contribution in [-0.2, 0) is 11.2 Å². The predicted molar refractivity (Wildman–Crippen MR) is 66.1 cm³/mol. The van der Waals surface area contributed by atoms with Crippen molar-refractivity contribution < 1.29 is 4.79 Å². The van der Waals surface area contributed by atoms with Gasteiger partial charge in [-0.25, -0.2) is 0 Å². The molecular formula is C9H15ClN4OS. The molecule has 0 radical (unpaired) electrons. The van der Waals surface area contributed by atoms with Gasteiger partial charge in [0.05, 0.1) is 5.92 Å². The average molecular weight is 263 g/mol. The first-order chi connectivity index (χ1) is 7.29. The van der Waals surface area contributed by atoms with Crippen LogP contribution in [0.15, 0.2) is 0 Å². The number of aryl methyl sites for hydroxylation is 1. The summed E-state index contributed by atoms with van der Waals surface area (Å²) in [4.78, 5) is 11.7. The lowest BCUT2D eigenvalue weighted by molar-refractivity contribution is -0.119. The van der Waals surface area contributed by atoms with E-state index >= 15 is 0 Å². The number of carbonyl (C=O) groups excluding carboxylic acids is 1. The minimum absolute atomic E-state index is 0. The molecule has 1 fully saturated rings. The molecule has 1 aliphatic heterocycles. The Hall–Kier alpha value is -0.720. The van der Waals surface area contributed by atoms with Gasteiger partial charge < -0.3 is 10.6 Å². The molecule has 0 bridgehead atoms. The second kappa shape index (κ2) is 6.12. The van der Waals surface area contributed by atoms with E-state index < -0.39 is 0 Å². The number of anilines is 1. The number of rotatable bonds is 3. The van der Waals surface area contributed by atoms with Gasteiger partial charge in [0.2, 0.25) is 11.0 Å². The van der Waals surface area contributed by atoms with Crippen molar-refractivity contribution in [3.63, 3.8) is 0 Å². The standard InChI is InChI=1S/C9H14N4OS.ClH/c1-2-7-12-13-9(15-7)11-8(14)6-3-4-10-5-6;/h6,10H,2-5H2,1H3,(H,11,13,14);1H/t6-;/m1./s1. The van der Waals surface area contributed by atoms with Crippen molar-refractivity contribution in [3.8, 4) is 0 Å². The van der Waals surface area contributed by atoms with Crippen molar-refractivity contribution in [1.29, 1.82) is 0 Å². The molecule has 1 aromatic heterocycles. The third kappa shape index (κ3) is 3.13. The van der Waals surface area contributed by atoms with Crippen molar-refractivity contribution in [2.45, 2.75) is 19.8 Å². The average Bonchev–Trinajstić information content (AvgIpc) is 2.87. The normalized spacial score (nSPS) is 19.2. The van der Waals surface area contributed by atoms with E-state index in [1.807, 2.05) is 6.92 Å². The maximum absolute atomic E-state index is 11.7. The topological polar surface area (TPSA) is 66.9 Å². The molecule has 90 valence electrons. The van der Waals surface area contributed by atoms with Gasteiger partial charge in [0.25, 0.3) is 0 Å². The van der Waals surface area contributed by atoms with Crippen molar-refractivity contribution >= 4 is 34.8 Å². The number of hydrogen-bond donors (Lipinski definition) is 2. The van der Waals surface area contributed by atoms with Crippen molar-refractivity contribution in [2.24, 2.45) is 5.92 Å². The lowest BCUT2D eigenvalue weighted by Crippen LogP contribution is -2.24. The summed E-state index contributed by atoms with van der Waals surface area (Å²) in [5.41, 5.74) is 0. The zero-order valence-corrected chi connectivity index (χ0v) is 10.7. The summed E-state index contributed by atoms with van der Waals surface area (Å²) < 4.78 is 0. The molecule has 1 saturated heterocycles. The molecule has 1 aliphatic rings. The molecule has 0 aromatic carbocycles. The van der Waals surface area contributed by atoms with Gasteiger partial charge >= 0.3 is 0 Å². The summed E-state index contributed by atoms with van der Waals surface area (Å²) in [7, 11) is 0. The minimum atomic E-state index is 0. The fourth-order valence-electron chi connectivity index (χ4n) is 1.53. The summed E-state index contributed by atoms with van der Waals surface area (Å²) in [5.74, 6) is 0.137. The van der Waals surface area contributed by atoms with Gasteiger partial charge in [0.15, 0.2) is 0 Å². The van der Waals surface area contributed by atoms with Crippen LogP contribution in [0.4, 0.5) is 5.13 Å². The van der Waals surface area contributed by atoms with Crippen LogP contribution in [0.25, 0.3) is 0 Å². The molecule has 0 saturated carbocycles. The van der Waals surface area contributed by atoms with E-state index in [2.05, 4.69) is 20.8 Å². The van der Waals surface area contributed by atoms with E-state index in [4.69, 9.17) is 0 Å². The maximum Gasteiger partial charge on any atom is 0.230 e. The highest BCUT2D eigenvalue weighted by molar-refractivity contribution is 7.15. The molecule has 0 spiro atoms. The molecule has 16 heavy (non-hydrogen) atoms. The lowest BCUT2D eigenvalue weighted by Gasteiger charge is -2.05. The second-order valence-corrected chi connectivity index (χ2v) is 4.60. The number of nitrogens with zero attached hydrogens (tertiary/aromatic N) is 2. The van der Waals surface area contributed by atoms with E-state index in [1.165, 1.54) is 11.3 Å². The Bertz CT molecular complexity index is 351. The van der Waals surface area contributed by atoms with Crippen LogP contribution in [-0.4, -0.2) is 29.2 Å². The van der Waals surface area contributed by atoms with Crippen LogP contribution in [0.3, 0.4) is 0 Å². The third-order valence-electron chi connectivity index (χ3n) is 2.43. The van der Waals surface area contributed by atoms with Crippen LogP contribution in [0.1, 0.15) is 18.4 Å². The maximum atomic E-state index is 11.7. The Labute approximate surface area is 104 Å². The second-order valence-electron chi connectivity index (χ2n) is 3.53. The number of amides is 1. The third-order valence-corrected chi connectivity index (χ3v) is 3.41. The molecular weight excluding hydrogens is 248 g/mol. The van der Waals surface area contributed by atoms with Gasteiger partial charge in [-0.3, -0.25) is 4.79 Å². The van der Waals surface area contributed by atoms with Crippen molar-refractivity contribution in [1.82, 2.24) is 15.5 Å². The quantitative estimate of drug-likeness (QED) is 0.855. The fourth-order valence-corrected chi connectivity index (χ4v) is 2.22. The summed E-state index contributed by atoms with van der Waals surface area (Å²) >= 11 is 1.45. The minimum Gasteiger partial charge on any atom is -0.316 e. The highest BCUT2D eigenvalue weighted by Gasteiger charge is 2.23. The van der Waals surface area contributed by atoms with Gasteiger partial charge in [-0.1, -0.05) is 18.3 Å². The van der Waals surface area contributed by atoms with Gasteiger partial charge in [0.1, 0.15) is 5.01 Å². The van der Waals surface area contributed by atoms with Crippen LogP contribution < -0.4 is 10.6 Å². The van der Waals surface area contributed by atoms with Crippen molar-refractivity contribution in [2.75, 3.05) is 18.4 Å². The van der Waals surface area contributed by atoms with E-state index in [0.29, 0.717) is 5.13 Å². The number of hydrogen-bond acceptors (Lipinski definition) is 5. The lowest BCUT2D eigenvalue weighted by atomic mass is 10.1. The smallest absolute Gasteiger partial charge is 0.230 e. The Morgan fingerprint density at radius 3 is 3.00 bits per heavy atom. The molecule has 0 aliphatic carbocycles. The molecule has 1 aromatic rings. The Kier molecular flexibility index (Phi) is 5.11. The van der Waals surface area contributed by atoms with E-state index in [-0.39, 0.29) is 24.2 Å². The van der Waals surface area contributed by atoms with Crippen LogP contribution in [0.5, 0.6) is 0 Å². The molecule has 7 heteroatoms. The fraction of sp³-hybridized carbons (Fsp3) is 0.667. The van der Waals surface area contributed by atoms with Gasteiger partial charge in [-0.2, -0.15) is 0 Å². The SMILES string of the molecule is CCc1nnc(NC(=O)[C@@H]2CCNC2)s1.Cl. The molecule has 2 rings (SSSR count). The molecule has 0 unspecified atom stereocenters. The van der Waals surface area contributed by atoms with E-state index in [0.717, 1.165) is 30.9 Å². The molecule has 1 amide bonds. The largest absolute Gasteiger partial charge is 0.316 e. The number of nitrogens with one attached hydrogen (secondary N) is 2. The van der Waals surface area contributed by atoms with Crippen LogP contribution in [0, 0.1) is 5.92 Å². The van der Waals surface area contributed by atoms with Crippen LogP contribution >= 0.6 is 23.7 Å². The summed E-state index contributed by atoms with van der Waals surface area (Å²) in [6, 6.07) is 0. The zero-order valence-electron chi connectivity index (χ0n) is 9.02. The number of carbonyl (C=O) groups is 1. The molecule has 1 atom stereocenters. The molecule has 2 heterocycles. The Balaban J connectivity index is 0.00000128. The van der Waals surface area contributed by atoms with Crippen molar-refractivity contribution in [3.05, 3.63) is 5.01 Å². The van der Waals surface area contributed by atoms with E-state index in [1.54, 1.807) is 0 Å². The predicted octanol–water partition coefficient (Wildman–Crippen LogP) is 1.07. The summed E-state index contributed by atoms with van der Waals surface area (Å²) in [5, 5.41) is 15.4. The first kappa shape index (κ1) is 13.3.